The average molecular weight is 288 g/mol. The second-order valence-electron chi connectivity index (χ2n) is 3.14. The van der Waals surface area contributed by atoms with Crippen LogP contribution < -0.4 is 11.1 Å². The van der Waals surface area contributed by atoms with Gasteiger partial charge in [-0.25, -0.2) is 0 Å². The average Bonchev–Trinajstić information content (AvgIpc) is 2.25. The van der Waals surface area contributed by atoms with E-state index in [1.807, 2.05) is 6.08 Å². The van der Waals surface area contributed by atoms with Crippen molar-refractivity contribution in [3.63, 3.8) is 0 Å². The van der Waals surface area contributed by atoms with Crippen molar-refractivity contribution < 1.29 is 9.90 Å². The third-order valence-electron chi connectivity index (χ3n) is 1.84. The van der Waals surface area contributed by atoms with Gasteiger partial charge in [0.25, 0.3) is 0 Å². The molecule has 0 spiro atoms. The zero-order chi connectivity index (χ0) is 11.8. The van der Waals surface area contributed by atoms with E-state index < -0.39 is 6.09 Å². The van der Waals surface area contributed by atoms with Crippen molar-refractivity contribution in [2.24, 2.45) is 10.7 Å². The minimum atomic E-state index is -0.996. The first-order valence-corrected chi connectivity index (χ1v) is 7.06. The van der Waals surface area contributed by atoms with Crippen LogP contribution in [0.25, 0.3) is 0 Å². The zero-order valence-electron chi connectivity index (χ0n) is 8.85. The van der Waals surface area contributed by atoms with Crippen molar-refractivity contribution in [3.8, 4) is 0 Å². The normalized spacial score (nSPS) is 15.8. The Bertz CT molecular complexity index is 337. The molecule has 0 atom stereocenters. The van der Waals surface area contributed by atoms with Crippen molar-refractivity contribution in [2.75, 3.05) is 6.54 Å². The predicted molar refractivity (Wildman–Crippen MR) is 64.7 cm³/mol. The molecule has 0 aromatic heterocycles. The van der Waals surface area contributed by atoms with Gasteiger partial charge in [0.05, 0.1) is 0 Å². The molecule has 0 saturated heterocycles. The molecule has 0 unspecified atom stereocenters. The summed E-state index contributed by atoms with van der Waals surface area (Å²) in [5.41, 5.74) is 6.66. The Hall–Kier alpha value is -1.26. The van der Waals surface area contributed by atoms with Gasteiger partial charge in [0.15, 0.2) is 0 Å². The van der Waals surface area contributed by atoms with E-state index >= 15 is 0 Å². The summed E-state index contributed by atoms with van der Waals surface area (Å²) in [5.74, 6) is 0. The fraction of sp³-hybridized carbons (Fsp3) is 0.400. The fourth-order valence-electron chi connectivity index (χ4n) is 1.16. The Morgan fingerprint density at radius 2 is 2.44 bits per heavy atom. The molecule has 0 aromatic carbocycles. The number of hydrogen-bond acceptors (Lipinski definition) is 2. The van der Waals surface area contributed by atoms with Crippen LogP contribution in [0.15, 0.2) is 28.9 Å². The standard InChI is InChI=1S/C10H15N3O2Se/c11-9(16-7-6-12-10(14)15)13-8-4-2-1-3-5-8/h2,4-5,12H,1,3,6-7H2,(H2,11,13)(H,14,15). The molecule has 0 bridgehead atoms. The van der Waals surface area contributed by atoms with Crippen LogP contribution in [-0.4, -0.2) is 37.4 Å². The van der Waals surface area contributed by atoms with E-state index in [2.05, 4.69) is 22.5 Å². The summed E-state index contributed by atoms with van der Waals surface area (Å²) >= 11 is 0.0502. The van der Waals surface area contributed by atoms with Crippen molar-refractivity contribution in [3.05, 3.63) is 23.9 Å². The van der Waals surface area contributed by atoms with Crippen LogP contribution in [0.3, 0.4) is 0 Å². The maximum atomic E-state index is 10.2. The topological polar surface area (TPSA) is 87.7 Å². The van der Waals surface area contributed by atoms with Crippen LogP contribution in [0.4, 0.5) is 4.79 Å². The van der Waals surface area contributed by atoms with E-state index in [1.54, 1.807) is 0 Å². The first kappa shape index (κ1) is 12.8. The SMILES string of the molecule is NC(=NC1=CCCC=C1)[Se]CCNC(=O)O. The number of nitrogens with zero attached hydrogens (tertiary/aromatic N) is 1. The molecule has 88 valence electrons. The summed E-state index contributed by atoms with van der Waals surface area (Å²) < 4.78 is 0.609. The third kappa shape index (κ3) is 5.58. The fourth-order valence-corrected chi connectivity index (χ4v) is 2.38. The second-order valence-corrected chi connectivity index (χ2v) is 5.48. The van der Waals surface area contributed by atoms with E-state index in [0.717, 1.165) is 23.9 Å². The van der Waals surface area contributed by atoms with Gasteiger partial charge in [-0.15, -0.1) is 0 Å². The molecule has 1 aliphatic carbocycles. The molecule has 0 aromatic rings. The number of carboxylic acid groups (broad SMARTS) is 1. The number of carbonyl (C=O) groups is 1. The first-order chi connectivity index (χ1) is 7.68. The number of nitrogens with two attached hydrogens (primary N) is 1. The molecule has 6 heteroatoms. The molecule has 1 amide bonds. The van der Waals surface area contributed by atoms with E-state index in [4.69, 9.17) is 10.8 Å². The molecule has 1 aliphatic rings. The molecule has 0 fully saturated rings. The van der Waals surface area contributed by atoms with E-state index in [-0.39, 0.29) is 15.0 Å². The van der Waals surface area contributed by atoms with E-state index in [0.29, 0.717) is 11.3 Å². The summed E-state index contributed by atoms with van der Waals surface area (Å²) in [4.78, 5) is 14.5. The van der Waals surface area contributed by atoms with Crippen LogP contribution in [0.1, 0.15) is 12.8 Å². The molecule has 4 N–H and O–H groups in total. The molecular weight excluding hydrogens is 273 g/mol. The summed E-state index contributed by atoms with van der Waals surface area (Å²) in [7, 11) is 0. The molecular formula is C10H15N3O2Se. The number of rotatable bonds is 5. The van der Waals surface area contributed by atoms with Gasteiger partial charge in [0, 0.05) is 0 Å². The van der Waals surface area contributed by atoms with Crippen molar-refractivity contribution in [1.82, 2.24) is 5.32 Å². The van der Waals surface area contributed by atoms with Crippen LogP contribution in [-0.2, 0) is 0 Å². The van der Waals surface area contributed by atoms with Crippen molar-refractivity contribution in [1.29, 1.82) is 0 Å². The van der Waals surface area contributed by atoms with Gasteiger partial charge in [-0.1, -0.05) is 0 Å². The summed E-state index contributed by atoms with van der Waals surface area (Å²) in [6.07, 6.45) is 7.16. The molecule has 0 heterocycles. The van der Waals surface area contributed by atoms with Gasteiger partial charge >= 0.3 is 100 Å². The maximum absolute atomic E-state index is 10.2. The molecule has 0 saturated carbocycles. The number of amidine groups is 1. The van der Waals surface area contributed by atoms with Gasteiger partial charge in [-0.2, -0.15) is 0 Å². The molecule has 16 heavy (non-hydrogen) atoms. The number of hydrogen-bond donors (Lipinski definition) is 3. The van der Waals surface area contributed by atoms with Gasteiger partial charge in [-0.05, 0) is 0 Å². The monoisotopic (exact) mass is 289 g/mol. The number of aliphatic imine (C=N–C) groups is 1. The van der Waals surface area contributed by atoms with Crippen molar-refractivity contribution in [2.45, 2.75) is 18.2 Å². The van der Waals surface area contributed by atoms with Gasteiger partial charge in [0.2, 0.25) is 0 Å². The Labute approximate surface area is 101 Å². The van der Waals surface area contributed by atoms with E-state index in [1.165, 1.54) is 0 Å². The molecule has 1 rings (SSSR count). The predicted octanol–water partition coefficient (Wildman–Crippen LogP) is 0.925. The third-order valence-corrected chi connectivity index (χ3v) is 3.51. The quantitative estimate of drug-likeness (QED) is 0.304. The Kier molecular flexibility index (Phi) is 5.67. The number of nitrogens with one attached hydrogen (secondary N) is 1. The zero-order valence-corrected chi connectivity index (χ0v) is 10.6. The van der Waals surface area contributed by atoms with Crippen LogP contribution in [0.2, 0.25) is 5.32 Å². The minimum absolute atomic E-state index is 0.0502. The van der Waals surface area contributed by atoms with Gasteiger partial charge in [-0.3, -0.25) is 0 Å². The Morgan fingerprint density at radius 1 is 1.62 bits per heavy atom. The first-order valence-electron chi connectivity index (χ1n) is 4.99. The van der Waals surface area contributed by atoms with Crippen LogP contribution in [0, 0.1) is 0 Å². The van der Waals surface area contributed by atoms with Crippen LogP contribution >= 0.6 is 0 Å². The van der Waals surface area contributed by atoms with Crippen LogP contribution in [0.5, 0.6) is 0 Å². The Morgan fingerprint density at radius 3 is 3.06 bits per heavy atom. The summed E-state index contributed by atoms with van der Waals surface area (Å²) in [5, 5.41) is 11.4. The second kappa shape index (κ2) is 7.09. The molecule has 0 aliphatic heterocycles. The van der Waals surface area contributed by atoms with Gasteiger partial charge < -0.3 is 0 Å². The summed E-state index contributed by atoms with van der Waals surface area (Å²) in [6.45, 7) is 0.431. The molecule has 5 nitrogen and oxygen atoms in total. The molecule has 0 radical (unpaired) electrons. The number of allylic oxidation sites excluding steroid dienone is 3. The number of amides is 1. The summed E-state index contributed by atoms with van der Waals surface area (Å²) in [6, 6.07) is 0. The van der Waals surface area contributed by atoms with E-state index in [9.17, 15) is 4.79 Å². The van der Waals surface area contributed by atoms with Gasteiger partial charge in [0.1, 0.15) is 0 Å². The Balaban J connectivity index is 2.26. The van der Waals surface area contributed by atoms with Crippen molar-refractivity contribution >= 4 is 25.8 Å².